The van der Waals surface area contributed by atoms with Crippen molar-refractivity contribution in [3.8, 4) is 0 Å². The molecule has 1 heterocycles. The minimum absolute atomic E-state index is 0.0785. The topological polar surface area (TPSA) is 78.7 Å². The molecule has 21 heavy (non-hydrogen) atoms. The molecule has 1 aliphatic heterocycles. The summed E-state index contributed by atoms with van der Waals surface area (Å²) in [6, 6.07) is 5.05. The van der Waals surface area contributed by atoms with Crippen LogP contribution >= 0.6 is 0 Å². The second kappa shape index (κ2) is 6.53. The Balaban J connectivity index is 2.21. The van der Waals surface area contributed by atoms with Gasteiger partial charge in [0.05, 0.1) is 11.5 Å². The second-order valence-electron chi connectivity index (χ2n) is 5.12. The fourth-order valence-electron chi connectivity index (χ4n) is 2.43. The highest BCUT2D eigenvalue weighted by molar-refractivity contribution is 5.78. The molecule has 2 rings (SSSR count). The molecule has 0 saturated carbocycles. The lowest BCUT2D eigenvalue weighted by molar-refractivity contribution is -0.384. The van der Waals surface area contributed by atoms with E-state index in [4.69, 9.17) is 0 Å². The Morgan fingerprint density at radius 3 is 2.76 bits per heavy atom. The van der Waals surface area contributed by atoms with Gasteiger partial charge in [0.15, 0.2) is 0 Å². The molecule has 0 aliphatic carbocycles. The Hall–Kier alpha value is -2.15. The molecule has 0 atom stereocenters. The number of hydrogen-bond acceptors (Lipinski definition) is 5. The summed E-state index contributed by atoms with van der Waals surface area (Å²) in [6.07, 6.45) is 0. The van der Waals surface area contributed by atoms with Crippen molar-refractivity contribution >= 4 is 17.3 Å². The van der Waals surface area contributed by atoms with Crippen molar-refractivity contribution in [3.63, 3.8) is 0 Å². The third-order valence-corrected chi connectivity index (χ3v) is 3.61. The molecule has 0 spiro atoms. The monoisotopic (exact) mass is 292 g/mol. The quantitative estimate of drug-likeness (QED) is 0.653. The van der Waals surface area contributed by atoms with E-state index < -0.39 is 0 Å². The van der Waals surface area contributed by atoms with Gasteiger partial charge in [0, 0.05) is 39.3 Å². The molecule has 0 radical (unpaired) electrons. The van der Waals surface area contributed by atoms with Crippen LogP contribution in [0.25, 0.3) is 0 Å². The second-order valence-corrected chi connectivity index (χ2v) is 5.12. The number of piperazine rings is 1. The van der Waals surface area contributed by atoms with Gasteiger partial charge in [0.25, 0.3) is 5.69 Å². The number of nitrogens with zero attached hydrogens (tertiary/aromatic N) is 3. The van der Waals surface area contributed by atoms with Crippen LogP contribution in [0.3, 0.4) is 0 Å². The predicted molar refractivity (Wildman–Crippen MR) is 80.2 cm³/mol. The molecular formula is C14H20N4O3. The van der Waals surface area contributed by atoms with E-state index in [1.165, 1.54) is 6.07 Å². The molecule has 1 aromatic carbocycles. The number of rotatable bonds is 5. The number of carbonyl (C=O) groups excluding carboxylic acids is 1. The van der Waals surface area contributed by atoms with Crippen LogP contribution in [-0.4, -0.2) is 53.9 Å². The molecule has 0 bridgehead atoms. The molecule has 0 aromatic heterocycles. The zero-order valence-electron chi connectivity index (χ0n) is 12.3. The number of benzene rings is 1. The Kier molecular flexibility index (Phi) is 4.74. The first-order valence-corrected chi connectivity index (χ1v) is 6.99. The summed E-state index contributed by atoms with van der Waals surface area (Å²) in [5.41, 5.74) is 1.48. The first-order chi connectivity index (χ1) is 10.0. The number of amides is 1. The largest absolute Gasteiger partial charge is 0.380 e. The summed E-state index contributed by atoms with van der Waals surface area (Å²) in [5, 5.41) is 14.2. The summed E-state index contributed by atoms with van der Waals surface area (Å²) in [7, 11) is 1.79. The molecule has 0 unspecified atom stereocenters. The minimum atomic E-state index is -0.378. The van der Waals surface area contributed by atoms with Crippen LogP contribution in [0.2, 0.25) is 0 Å². The molecule has 1 N–H and O–H groups in total. The number of hydrogen-bond donors (Lipinski definition) is 1. The third-order valence-electron chi connectivity index (χ3n) is 3.61. The molecule has 1 aromatic rings. The summed E-state index contributed by atoms with van der Waals surface area (Å²) >= 11 is 0. The highest BCUT2D eigenvalue weighted by atomic mass is 16.6. The summed E-state index contributed by atoms with van der Waals surface area (Å²) in [5.74, 6) is 0.0803. The van der Waals surface area contributed by atoms with Crippen molar-refractivity contribution in [2.75, 3.05) is 38.5 Å². The summed E-state index contributed by atoms with van der Waals surface area (Å²) < 4.78 is 0. The average molecular weight is 292 g/mol. The van der Waals surface area contributed by atoms with Gasteiger partial charge in [-0.05, 0) is 12.5 Å². The number of nitrogens with one attached hydrogen (secondary N) is 1. The number of nitro benzene ring substituents is 1. The van der Waals surface area contributed by atoms with Crippen LogP contribution in [0.5, 0.6) is 0 Å². The summed E-state index contributed by atoms with van der Waals surface area (Å²) in [6.45, 7) is 4.86. The fraction of sp³-hybridized carbons (Fsp3) is 0.500. The normalized spacial score (nSPS) is 16.1. The van der Waals surface area contributed by atoms with Gasteiger partial charge >= 0.3 is 0 Å². The first kappa shape index (κ1) is 15.2. The van der Waals surface area contributed by atoms with Gasteiger partial charge in [-0.2, -0.15) is 0 Å². The van der Waals surface area contributed by atoms with Gasteiger partial charge in [-0.15, -0.1) is 0 Å². The SMILES string of the molecule is CCNc1c(CN2CCN(C)C(=O)C2)cccc1[N+](=O)[O-]. The summed E-state index contributed by atoms with van der Waals surface area (Å²) in [4.78, 5) is 26.2. The van der Waals surface area contributed by atoms with Gasteiger partial charge in [-0.3, -0.25) is 19.8 Å². The smallest absolute Gasteiger partial charge is 0.292 e. The molecule has 1 saturated heterocycles. The van der Waals surface area contributed by atoms with Crippen LogP contribution in [0.4, 0.5) is 11.4 Å². The maximum atomic E-state index is 11.7. The number of nitro groups is 1. The first-order valence-electron chi connectivity index (χ1n) is 6.99. The van der Waals surface area contributed by atoms with E-state index in [0.29, 0.717) is 31.9 Å². The van der Waals surface area contributed by atoms with Crippen molar-refractivity contribution in [2.24, 2.45) is 0 Å². The maximum Gasteiger partial charge on any atom is 0.292 e. The van der Waals surface area contributed by atoms with Crippen LogP contribution < -0.4 is 5.32 Å². The standard InChI is InChI=1S/C14H20N4O3/c1-3-15-14-11(5-4-6-12(14)18(20)21)9-17-8-7-16(2)13(19)10-17/h4-6,15H,3,7-10H2,1-2H3. The van der Waals surface area contributed by atoms with Crippen molar-refractivity contribution in [3.05, 3.63) is 33.9 Å². The van der Waals surface area contributed by atoms with E-state index >= 15 is 0 Å². The lowest BCUT2D eigenvalue weighted by atomic mass is 10.1. The highest BCUT2D eigenvalue weighted by Crippen LogP contribution is 2.29. The van der Waals surface area contributed by atoms with Crippen LogP contribution in [-0.2, 0) is 11.3 Å². The van der Waals surface area contributed by atoms with Crippen molar-refractivity contribution in [1.82, 2.24) is 9.80 Å². The van der Waals surface area contributed by atoms with E-state index in [1.54, 1.807) is 18.0 Å². The van der Waals surface area contributed by atoms with Crippen molar-refractivity contribution in [1.29, 1.82) is 0 Å². The molecule has 7 heteroatoms. The average Bonchev–Trinajstić information content (AvgIpc) is 2.44. The molecule has 1 fully saturated rings. The van der Waals surface area contributed by atoms with E-state index in [9.17, 15) is 14.9 Å². The Labute approximate surface area is 123 Å². The van der Waals surface area contributed by atoms with Crippen molar-refractivity contribution < 1.29 is 9.72 Å². The van der Waals surface area contributed by atoms with E-state index in [1.807, 2.05) is 17.9 Å². The number of anilines is 1. The Morgan fingerprint density at radius 1 is 1.38 bits per heavy atom. The van der Waals surface area contributed by atoms with E-state index in [2.05, 4.69) is 5.32 Å². The molecule has 1 amide bonds. The molecular weight excluding hydrogens is 272 g/mol. The van der Waals surface area contributed by atoms with Crippen LogP contribution in [0, 0.1) is 10.1 Å². The zero-order chi connectivity index (χ0) is 15.4. The third kappa shape index (κ3) is 3.49. The van der Waals surface area contributed by atoms with Gasteiger partial charge in [0.1, 0.15) is 5.69 Å². The maximum absolute atomic E-state index is 11.7. The Bertz CT molecular complexity index is 547. The van der Waals surface area contributed by atoms with Crippen molar-refractivity contribution in [2.45, 2.75) is 13.5 Å². The van der Waals surface area contributed by atoms with Gasteiger partial charge in [-0.1, -0.05) is 12.1 Å². The fourth-order valence-corrected chi connectivity index (χ4v) is 2.43. The van der Waals surface area contributed by atoms with Crippen LogP contribution in [0.1, 0.15) is 12.5 Å². The lowest BCUT2D eigenvalue weighted by Gasteiger charge is -2.32. The lowest BCUT2D eigenvalue weighted by Crippen LogP contribution is -2.48. The molecule has 114 valence electrons. The number of likely N-dealkylation sites (N-methyl/N-ethyl adjacent to an activating group) is 1. The zero-order valence-corrected chi connectivity index (χ0v) is 12.3. The number of para-hydroxylation sites is 1. The highest BCUT2D eigenvalue weighted by Gasteiger charge is 2.23. The van der Waals surface area contributed by atoms with E-state index in [0.717, 1.165) is 12.1 Å². The molecule has 1 aliphatic rings. The minimum Gasteiger partial charge on any atom is -0.380 e. The van der Waals surface area contributed by atoms with Gasteiger partial charge in [-0.25, -0.2) is 0 Å². The van der Waals surface area contributed by atoms with E-state index in [-0.39, 0.29) is 16.5 Å². The van der Waals surface area contributed by atoms with Crippen LogP contribution in [0.15, 0.2) is 18.2 Å². The molecule has 7 nitrogen and oxygen atoms in total. The van der Waals surface area contributed by atoms with Gasteiger partial charge < -0.3 is 10.2 Å². The predicted octanol–water partition coefficient (Wildman–Crippen LogP) is 1.30. The van der Waals surface area contributed by atoms with Gasteiger partial charge in [0.2, 0.25) is 5.91 Å². The Morgan fingerprint density at radius 2 is 2.14 bits per heavy atom. The number of carbonyl (C=O) groups is 1.